The Bertz CT molecular complexity index is 757. The first-order valence-corrected chi connectivity index (χ1v) is 6.26. The van der Waals surface area contributed by atoms with Crippen molar-refractivity contribution in [3.8, 4) is 5.75 Å². The molecular formula is C14H11ClFNO4. The standard InChI is InChI=1S/C14H11ClFNO4/c1-21-13-7-17(11(14(19)20)5-12(13)18)6-8-2-3-10(16)9(15)4-8/h2-5,7H,6H2,1H3,(H,19,20). The maximum absolute atomic E-state index is 13.1. The Hall–Kier alpha value is -2.34. The molecule has 21 heavy (non-hydrogen) atoms. The van der Waals surface area contributed by atoms with Crippen LogP contribution in [0.15, 0.2) is 35.3 Å². The molecule has 0 amide bonds. The van der Waals surface area contributed by atoms with Crippen LogP contribution in [-0.2, 0) is 6.54 Å². The number of hydrogen-bond acceptors (Lipinski definition) is 3. The summed E-state index contributed by atoms with van der Waals surface area (Å²) in [5.74, 6) is -1.78. The SMILES string of the molecule is COc1cn(Cc2ccc(F)c(Cl)c2)c(C(=O)O)cc1=O. The number of nitrogens with zero attached hydrogens (tertiary/aromatic N) is 1. The van der Waals surface area contributed by atoms with Crippen LogP contribution < -0.4 is 10.2 Å². The molecule has 5 nitrogen and oxygen atoms in total. The van der Waals surface area contributed by atoms with Crippen LogP contribution in [-0.4, -0.2) is 22.8 Å². The van der Waals surface area contributed by atoms with Crippen LogP contribution in [0.1, 0.15) is 16.1 Å². The van der Waals surface area contributed by atoms with E-state index in [-0.39, 0.29) is 23.0 Å². The number of aromatic carboxylic acids is 1. The second kappa shape index (κ2) is 5.97. The van der Waals surface area contributed by atoms with E-state index in [1.54, 1.807) is 0 Å². The number of carbonyl (C=O) groups is 1. The van der Waals surface area contributed by atoms with Crippen LogP contribution >= 0.6 is 11.6 Å². The van der Waals surface area contributed by atoms with Gasteiger partial charge in [0.2, 0.25) is 5.43 Å². The minimum absolute atomic E-state index is 0.0215. The molecule has 0 aliphatic rings. The highest BCUT2D eigenvalue weighted by Crippen LogP contribution is 2.18. The zero-order valence-corrected chi connectivity index (χ0v) is 11.7. The first-order valence-electron chi connectivity index (χ1n) is 5.88. The van der Waals surface area contributed by atoms with Gasteiger partial charge in [-0.25, -0.2) is 9.18 Å². The van der Waals surface area contributed by atoms with E-state index in [0.29, 0.717) is 5.56 Å². The summed E-state index contributed by atoms with van der Waals surface area (Å²) in [6.07, 6.45) is 1.29. The van der Waals surface area contributed by atoms with E-state index in [1.807, 2.05) is 0 Å². The van der Waals surface area contributed by atoms with Gasteiger partial charge < -0.3 is 14.4 Å². The summed E-state index contributed by atoms with van der Waals surface area (Å²) < 4.78 is 19.3. The van der Waals surface area contributed by atoms with Crippen molar-refractivity contribution in [3.63, 3.8) is 0 Å². The Kier molecular flexibility index (Phi) is 4.28. The number of ether oxygens (including phenoxy) is 1. The van der Waals surface area contributed by atoms with Crippen LogP contribution in [0, 0.1) is 5.82 Å². The van der Waals surface area contributed by atoms with Gasteiger partial charge in [0.05, 0.1) is 18.3 Å². The highest BCUT2D eigenvalue weighted by atomic mass is 35.5. The molecule has 0 atom stereocenters. The number of aromatic nitrogens is 1. The highest BCUT2D eigenvalue weighted by Gasteiger charge is 2.13. The first kappa shape index (κ1) is 15.1. The molecule has 1 heterocycles. The third-order valence-corrected chi connectivity index (χ3v) is 3.16. The summed E-state index contributed by atoms with van der Waals surface area (Å²) in [7, 11) is 1.32. The van der Waals surface area contributed by atoms with Gasteiger partial charge in [-0.1, -0.05) is 17.7 Å². The Labute approximate surface area is 124 Å². The molecule has 0 bridgehead atoms. The molecule has 0 unspecified atom stereocenters. The number of carboxylic acids is 1. The minimum atomic E-state index is -1.25. The summed E-state index contributed by atoms with van der Waals surface area (Å²) in [6, 6.07) is 5.05. The van der Waals surface area contributed by atoms with Crippen molar-refractivity contribution in [1.82, 2.24) is 4.57 Å². The molecule has 2 rings (SSSR count). The van der Waals surface area contributed by atoms with Crippen molar-refractivity contribution in [2.75, 3.05) is 7.11 Å². The number of rotatable bonds is 4. The normalized spacial score (nSPS) is 10.4. The van der Waals surface area contributed by atoms with Crippen LogP contribution in [0.4, 0.5) is 4.39 Å². The lowest BCUT2D eigenvalue weighted by Crippen LogP contribution is -2.18. The number of hydrogen-bond donors (Lipinski definition) is 1. The zero-order valence-electron chi connectivity index (χ0n) is 11.0. The molecular weight excluding hydrogens is 301 g/mol. The van der Waals surface area contributed by atoms with Crippen LogP contribution in [0.3, 0.4) is 0 Å². The Balaban J connectivity index is 2.48. The fourth-order valence-corrected chi connectivity index (χ4v) is 2.06. The number of halogens is 2. The van der Waals surface area contributed by atoms with Crippen LogP contribution in [0.25, 0.3) is 0 Å². The van der Waals surface area contributed by atoms with Gasteiger partial charge in [-0.15, -0.1) is 0 Å². The monoisotopic (exact) mass is 311 g/mol. The molecule has 0 fully saturated rings. The fourth-order valence-electron chi connectivity index (χ4n) is 1.86. The molecule has 1 N–H and O–H groups in total. The van der Waals surface area contributed by atoms with E-state index in [0.717, 1.165) is 6.07 Å². The zero-order chi connectivity index (χ0) is 15.6. The van der Waals surface area contributed by atoms with Crippen molar-refractivity contribution in [2.24, 2.45) is 0 Å². The average molecular weight is 312 g/mol. The summed E-state index contributed by atoms with van der Waals surface area (Å²) in [5, 5.41) is 9.09. The van der Waals surface area contributed by atoms with Gasteiger partial charge in [-0.3, -0.25) is 4.79 Å². The molecule has 0 spiro atoms. The number of methoxy groups -OCH3 is 1. The van der Waals surface area contributed by atoms with Crippen molar-refractivity contribution < 1.29 is 19.0 Å². The van der Waals surface area contributed by atoms with Gasteiger partial charge in [0.1, 0.15) is 11.5 Å². The number of pyridine rings is 1. The first-order chi connectivity index (χ1) is 9.92. The second-order valence-electron chi connectivity index (χ2n) is 4.27. The van der Waals surface area contributed by atoms with E-state index < -0.39 is 17.2 Å². The molecule has 110 valence electrons. The van der Waals surface area contributed by atoms with Gasteiger partial charge in [0.15, 0.2) is 5.75 Å². The van der Waals surface area contributed by atoms with Gasteiger partial charge >= 0.3 is 5.97 Å². The molecule has 0 saturated carbocycles. The molecule has 1 aromatic carbocycles. The Morgan fingerprint density at radius 3 is 2.71 bits per heavy atom. The lowest BCUT2D eigenvalue weighted by Gasteiger charge is -2.12. The Morgan fingerprint density at radius 2 is 2.14 bits per heavy atom. The van der Waals surface area contributed by atoms with Gasteiger partial charge in [-0.2, -0.15) is 0 Å². The molecule has 1 aromatic heterocycles. The van der Waals surface area contributed by atoms with Crippen LogP contribution in [0.5, 0.6) is 5.75 Å². The predicted octanol–water partition coefficient (Wildman–Crippen LogP) is 2.40. The van der Waals surface area contributed by atoms with Gasteiger partial charge in [-0.05, 0) is 17.7 Å². The lowest BCUT2D eigenvalue weighted by molar-refractivity contribution is 0.0684. The third kappa shape index (κ3) is 3.22. The van der Waals surface area contributed by atoms with Crippen molar-refractivity contribution >= 4 is 17.6 Å². The average Bonchev–Trinajstić information content (AvgIpc) is 2.44. The van der Waals surface area contributed by atoms with Crippen molar-refractivity contribution in [2.45, 2.75) is 6.54 Å². The molecule has 0 radical (unpaired) electrons. The predicted molar refractivity (Wildman–Crippen MR) is 74.7 cm³/mol. The van der Waals surface area contributed by atoms with Crippen molar-refractivity contribution in [3.05, 3.63) is 62.8 Å². The lowest BCUT2D eigenvalue weighted by atomic mass is 10.2. The minimum Gasteiger partial charge on any atom is -0.491 e. The fraction of sp³-hybridized carbons (Fsp3) is 0.143. The van der Waals surface area contributed by atoms with Gasteiger partial charge in [0.25, 0.3) is 0 Å². The number of benzene rings is 1. The molecule has 7 heteroatoms. The summed E-state index contributed by atoms with van der Waals surface area (Å²) in [6.45, 7) is 0.109. The molecule has 0 saturated heterocycles. The largest absolute Gasteiger partial charge is 0.491 e. The highest BCUT2D eigenvalue weighted by molar-refractivity contribution is 6.30. The summed E-state index contributed by atoms with van der Waals surface area (Å²) in [4.78, 5) is 22.8. The smallest absolute Gasteiger partial charge is 0.352 e. The number of carboxylic acid groups (broad SMARTS) is 1. The van der Waals surface area contributed by atoms with E-state index in [1.165, 1.54) is 36.1 Å². The second-order valence-corrected chi connectivity index (χ2v) is 4.68. The maximum Gasteiger partial charge on any atom is 0.352 e. The summed E-state index contributed by atoms with van der Waals surface area (Å²) >= 11 is 5.69. The summed E-state index contributed by atoms with van der Waals surface area (Å²) in [5.41, 5.74) is -0.126. The van der Waals surface area contributed by atoms with Crippen LogP contribution in [0.2, 0.25) is 5.02 Å². The van der Waals surface area contributed by atoms with E-state index in [9.17, 15) is 14.0 Å². The molecule has 0 aliphatic heterocycles. The quantitative estimate of drug-likeness (QED) is 0.941. The van der Waals surface area contributed by atoms with E-state index in [2.05, 4.69) is 0 Å². The Morgan fingerprint density at radius 1 is 1.43 bits per heavy atom. The molecule has 0 aliphatic carbocycles. The maximum atomic E-state index is 13.1. The molecule has 2 aromatic rings. The third-order valence-electron chi connectivity index (χ3n) is 2.87. The van der Waals surface area contributed by atoms with Crippen molar-refractivity contribution in [1.29, 1.82) is 0 Å². The van der Waals surface area contributed by atoms with E-state index >= 15 is 0 Å². The van der Waals surface area contributed by atoms with Gasteiger partial charge in [0, 0.05) is 12.6 Å². The topological polar surface area (TPSA) is 68.5 Å². The van der Waals surface area contributed by atoms with E-state index in [4.69, 9.17) is 21.4 Å².